The molecule has 0 aliphatic rings. The molecule has 0 radical (unpaired) electrons. The Hall–Kier alpha value is 0.190. The van der Waals surface area contributed by atoms with Crippen molar-refractivity contribution in [1.82, 2.24) is 4.72 Å². The molecule has 1 atom stereocenters. The molecule has 1 aromatic rings. The Labute approximate surface area is 126 Å². The standard InChI is InChI=1S/C11H14BrCl2NO2S/c1-2-3-8(13)7-15-18(16,17)9-4-5-11(14)10(12)6-9/h4-6,8,15H,2-3,7H2,1H3. The highest BCUT2D eigenvalue weighted by molar-refractivity contribution is 9.10. The molecule has 0 amide bonds. The highest BCUT2D eigenvalue weighted by Gasteiger charge is 2.16. The van der Waals surface area contributed by atoms with Crippen LogP contribution in [-0.4, -0.2) is 20.3 Å². The van der Waals surface area contributed by atoms with Gasteiger partial charge in [0.1, 0.15) is 0 Å². The van der Waals surface area contributed by atoms with E-state index in [-0.39, 0.29) is 16.8 Å². The van der Waals surface area contributed by atoms with E-state index in [4.69, 9.17) is 23.2 Å². The number of hydrogen-bond acceptors (Lipinski definition) is 2. The maximum Gasteiger partial charge on any atom is 0.240 e. The zero-order valence-electron chi connectivity index (χ0n) is 9.79. The van der Waals surface area contributed by atoms with Gasteiger partial charge in [-0.3, -0.25) is 0 Å². The first kappa shape index (κ1) is 16.2. The van der Waals surface area contributed by atoms with Gasteiger partial charge in [-0.1, -0.05) is 24.9 Å². The van der Waals surface area contributed by atoms with Crippen molar-refractivity contribution in [3.63, 3.8) is 0 Å². The predicted octanol–water partition coefficient (Wildman–Crippen LogP) is 3.79. The van der Waals surface area contributed by atoms with E-state index in [1.54, 1.807) is 0 Å². The Bertz CT molecular complexity index is 508. The van der Waals surface area contributed by atoms with E-state index in [9.17, 15) is 8.42 Å². The molecule has 1 aromatic carbocycles. The van der Waals surface area contributed by atoms with E-state index in [1.165, 1.54) is 18.2 Å². The summed E-state index contributed by atoms with van der Waals surface area (Å²) in [5.41, 5.74) is 0. The van der Waals surface area contributed by atoms with Gasteiger partial charge >= 0.3 is 0 Å². The van der Waals surface area contributed by atoms with Gasteiger partial charge < -0.3 is 0 Å². The quantitative estimate of drug-likeness (QED) is 0.770. The molecular formula is C11H14BrCl2NO2S. The molecule has 0 aromatic heterocycles. The van der Waals surface area contributed by atoms with Crippen molar-refractivity contribution in [2.45, 2.75) is 30.0 Å². The van der Waals surface area contributed by atoms with Crippen LogP contribution in [0.1, 0.15) is 19.8 Å². The summed E-state index contributed by atoms with van der Waals surface area (Å²) in [7, 11) is -3.54. The fraction of sp³-hybridized carbons (Fsp3) is 0.455. The molecule has 0 bridgehead atoms. The average molecular weight is 375 g/mol. The Morgan fingerprint density at radius 1 is 1.44 bits per heavy atom. The maximum absolute atomic E-state index is 12.0. The average Bonchev–Trinajstić information content (AvgIpc) is 2.30. The third kappa shape index (κ3) is 4.70. The minimum atomic E-state index is -3.54. The molecule has 0 saturated heterocycles. The number of alkyl halides is 1. The van der Waals surface area contributed by atoms with Gasteiger partial charge in [-0.15, -0.1) is 11.6 Å². The van der Waals surface area contributed by atoms with Gasteiger partial charge in [0.2, 0.25) is 10.0 Å². The lowest BCUT2D eigenvalue weighted by Gasteiger charge is -2.11. The van der Waals surface area contributed by atoms with E-state index < -0.39 is 10.0 Å². The van der Waals surface area contributed by atoms with Gasteiger partial charge in [0.25, 0.3) is 0 Å². The Morgan fingerprint density at radius 2 is 2.11 bits per heavy atom. The summed E-state index contributed by atoms with van der Waals surface area (Å²) in [4.78, 5) is 0.166. The SMILES string of the molecule is CCCC(Cl)CNS(=O)(=O)c1ccc(Cl)c(Br)c1. The van der Waals surface area contributed by atoms with Gasteiger partial charge in [-0.05, 0) is 40.5 Å². The number of sulfonamides is 1. The van der Waals surface area contributed by atoms with Crippen LogP contribution in [0.25, 0.3) is 0 Å². The number of nitrogens with one attached hydrogen (secondary N) is 1. The fourth-order valence-corrected chi connectivity index (χ4v) is 3.48. The smallest absolute Gasteiger partial charge is 0.210 e. The summed E-state index contributed by atoms with van der Waals surface area (Å²) in [6.07, 6.45) is 1.69. The molecule has 0 aliphatic carbocycles. The van der Waals surface area contributed by atoms with Crippen LogP contribution in [0.4, 0.5) is 0 Å². The first-order valence-corrected chi connectivity index (χ1v) is 8.54. The van der Waals surface area contributed by atoms with Gasteiger partial charge in [0.15, 0.2) is 0 Å². The predicted molar refractivity (Wildman–Crippen MR) is 78.9 cm³/mol. The van der Waals surface area contributed by atoms with Gasteiger partial charge in [-0.25, -0.2) is 13.1 Å². The molecule has 1 unspecified atom stereocenters. The topological polar surface area (TPSA) is 46.2 Å². The van der Waals surface area contributed by atoms with Crippen molar-refractivity contribution in [2.75, 3.05) is 6.54 Å². The molecule has 0 saturated carbocycles. The molecule has 0 aliphatic heterocycles. The van der Waals surface area contributed by atoms with Gasteiger partial charge in [0, 0.05) is 16.4 Å². The summed E-state index contributed by atoms with van der Waals surface area (Å²) < 4.78 is 27.0. The molecule has 3 nitrogen and oxygen atoms in total. The van der Waals surface area contributed by atoms with E-state index in [0.717, 1.165) is 12.8 Å². The molecule has 1 N–H and O–H groups in total. The lowest BCUT2D eigenvalue weighted by atomic mass is 10.2. The lowest BCUT2D eigenvalue weighted by Crippen LogP contribution is -2.29. The summed E-state index contributed by atoms with van der Waals surface area (Å²) in [5, 5.41) is 0.274. The Balaban J connectivity index is 2.77. The summed E-state index contributed by atoms with van der Waals surface area (Å²) in [6, 6.07) is 4.45. The second kappa shape index (κ2) is 7.10. The molecule has 0 fully saturated rings. The van der Waals surface area contributed by atoms with E-state index in [1.807, 2.05) is 6.92 Å². The summed E-state index contributed by atoms with van der Waals surface area (Å²) >= 11 is 15.0. The van der Waals surface area contributed by atoms with E-state index in [2.05, 4.69) is 20.7 Å². The molecular weight excluding hydrogens is 361 g/mol. The van der Waals surface area contributed by atoms with Crippen LogP contribution < -0.4 is 4.72 Å². The molecule has 0 heterocycles. The van der Waals surface area contributed by atoms with Crippen molar-refractivity contribution < 1.29 is 8.42 Å². The van der Waals surface area contributed by atoms with Gasteiger partial charge in [0.05, 0.1) is 9.92 Å². The Kier molecular flexibility index (Phi) is 6.41. The molecule has 7 heteroatoms. The third-order valence-electron chi connectivity index (χ3n) is 2.30. The first-order valence-electron chi connectivity index (χ1n) is 5.45. The highest BCUT2D eigenvalue weighted by Crippen LogP contribution is 2.25. The largest absolute Gasteiger partial charge is 0.240 e. The lowest BCUT2D eigenvalue weighted by molar-refractivity contribution is 0.577. The van der Waals surface area contributed by atoms with Crippen molar-refractivity contribution in [2.24, 2.45) is 0 Å². The molecule has 0 spiro atoms. The molecule has 102 valence electrons. The minimum absolute atomic E-state index is 0.166. The second-order valence-corrected chi connectivity index (χ2v) is 7.46. The number of halogens is 3. The zero-order valence-corrected chi connectivity index (χ0v) is 13.7. The van der Waals surface area contributed by atoms with E-state index in [0.29, 0.717) is 9.50 Å². The summed E-state index contributed by atoms with van der Waals surface area (Å²) in [6.45, 7) is 2.22. The first-order chi connectivity index (χ1) is 8.36. The third-order valence-corrected chi connectivity index (χ3v) is 5.31. The van der Waals surface area contributed by atoms with Crippen LogP contribution in [0.5, 0.6) is 0 Å². The number of benzene rings is 1. The highest BCUT2D eigenvalue weighted by atomic mass is 79.9. The normalized spacial score (nSPS) is 13.6. The van der Waals surface area contributed by atoms with Crippen LogP contribution >= 0.6 is 39.1 Å². The minimum Gasteiger partial charge on any atom is -0.210 e. The van der Waals surface area contributed by atoms with E-state index >= 15 is 0 Å². The molecule has 1 rings (SSSR count). The second-order valence-electron chi connectivity index (χ2n) is 3.81. The van der Waals surface area contributed by atoms with Crippen LogP contribution in [-0.2, 0) is 10.0 Å². The van der Waals surface area contributed by atoms with Crippen molar-refractivity contribution >= 4 is 49.2 Å². The number of rotatable bonds is 6. The van der Waals surface area contributed by atoms with Crippen molar-refractivity contribution in [3.05, 3.63) is 27.7 Å². The van der Waals surface area contributed by atoms with Crippen molar-refractivity contribution in [3.8, 4) is 0 Å². The monoisotopic (exact) mass is 373 g/mol. The van der Waals surface area contributed by atoms with Crippen LogP contribution in [0, 0.1) is 0 Å². The molecule has 18 heavy (non-hydrogen) atoms. The zero-order chi connectivity index (χ0) is 13.8. The van der Waals surface area contributed by atoms with Crippen LogP contribution in [0.15, 0.2) is 27.6 Å². The van der Waals surface area contributed by atoms with Crippen LogP contribution in [0.2, 0.25) is 5.02 Å². The van der Waals surface area contributed by atoms with Crippen LogP contribution in [0.3, 0.4) is 0 Å². The fourth-order valence-electron chi connectivity index (χ4n) is 1.34. The van der Waals surface area contributed by atoms with Crippen molar-refractivity contribution in [1.29, 1.82) is 0 Å². The number of hydrogen-bond donors (Lipinski definition) is 1. The Morgan fingerprint density at radius 3 is 2.67 bits per heavy atom. The van der Waals surface area contributed by atoms with Gasteiger partial charge in [-0.2, -0.15) is 0 Å². The summed E-state index contributed by atoms with van der Waals surface area (Å²) in [5.74, 6) is 0. The maximum atomic E-state index is 12.0.